The van der Waals surface area contributed by atoms with Crippen molar-refractivity contribution in [3.05, 3.63) is 41.1 Å². The van der Waals surface area contributed by atoms with E-state index in [9.17, 15) is 0 Å². The van der Waals surface area contributed by atoms with Crippen LogP contribution in [0.4, 0.5) is 0 Å². The second-order valence-electron chi connectivity index (χ2n) is 4.77. The van der Waals surface area contributed by atoms with Crippen molar-refractivity contribution in [2.75, 3.05) is 6.54 Å². The first-order valence-corrected chi connectivity index (χ1v) is 6.53. The Morgan fingerprint density at radius 2 is 2.11 bits per heavy atom. The summed E-state index contributed by atoms with van der Waals surface area (Å²) in [6, 6.07) is 6.52. The average molecular weight is 243 g/mol. The summed E-state index contributed by atoms with van der Waals surface area (Å²) in [4.78, 5) is 0. The highest BCUT2D eigenvalue weighted by Gasteiger charge is 2.09. The molecule has 0 aliphatic heterocycles. The van der Waals surface area contributed by atoms with Gasteiger partial charge in [0.2, 0.25) is 0 Å². The van der Waals surface area contributed by atoms with Gasteiger partial charge in [0.15, 0.2) is 0 Å². The third kappa shape index (κ3) is 2.79. The van der Waals surface area contributed by atoms with Gasteiger partial charge in [-0.2, -0.15) is 5.10 Å². The summed E-state index contributed by atoms with van der Waals surface area (Å²) < 4.78 is 0. The van der Waals surface area contributed by atoms with Crippen LogP contribution in [0.25, 0.3) is 11.3 Å². The second-order valence-corrected chi connectivity index (χ2v) is 4.77. The molecule has 0 spiro atoms. The van der Waals surface area contributed by atoms with Crippen LogP contribution in [0.3, 0.4) is 0 Å². The van der Waals surface area contributed by atoms with E-state index in [4.69, 9.17) is 0 Å². The molecule has 0 atom stereocenters. The average Bonchev–Trinajstić information content (AvgIpc) is 2.81. The van der Waals surface area contributed by atoms with E-state index in [-0.39, 0.29) is 0 Å². The Labute approximate surface area is 109 Å². The van der Waals surface area contributed by atoms with Crippen molar-refractivity contribution in [2.45, 2.75) is 33.7 Å². The molecule has 96 valence electrons. The van der Waals surface area contributed by atoms with E-state index in [0.717, 1.165) is 25.2 Å². The van der Waals surface area contributed by atoms with Crippen molar-refractivity contribution in [1.82, 2.24) is 15.5 Å². The molecular formula is C15H21N3. The maximum atomic E-state index is 4.18. The summed E-state index contributed by atoms with van der Waals surface area (Å²) in [5, 5.41) is 10.7. The number of hydrogen-bond donors (Lipinski definition) is 2. The van der Waals surface area contributed by atoms with Crippen LogP contribution < -0.4 is 5.32 Å². The number of benzene rings is 1. The van der Waals surface area contributed by atoms with Crippen LogP contribution in [0.1, 0.15) is 30.0 Å². The Morgan fingerprint density at radius 3 is 2.89 bits per heavy atom. The standard InChI is InChI=1S/C15H21N3/c1-4-7-16-9-13-10-17-18-15(13)14-8-11(2)5-6-12(14)3/h5-6,8,10,16H,4,7,9H2,1-3H3,(H,17,18). The van der Waals surface area contributed by atoms with Crippen LogP contribution in [-0.2, 0) is 6.54 Å². The fourth-order valence-electron chi connectivity index (χ4n) is 2.08. The van der Waals surface area contributed by atoms with Crippen LogP contribution in [-0.4, -0.2) is 16.7 Å². The zero-order valence-corrected chi connectivity index (χ0v) is 11.4. The Balaban J connectivity index is 2.27. The van der Waals surface area contributed by atoms with E-state index in [1.807, 2.05) is 6.20 Å². The molecule has 0 aliphatic rings. The van der Waals surface area contributed by atoms with Gasteiger partial charge in [-0.3, -0.25) is 5.10 Å². The molecule has 0 fully saturated rings. The Bertz CT molecular complexity index is 514. The lowest BCUT2D eigenvalue weighted by Gasteiger charge is -2.08. The minimum Gasteiger partial charge on any atom is -0.313 e. The van der Waals surface area contributed by atoms with Gasteiger partial charge in [0.25, 0.3) is 0 Å². The minimum absolute atomic E-state index is 0.868. The zero-order valence-electron chi connectivity index (χ0n) is 11.4. The number of hydrogen-bond acceptors (Lipinski definition) is 2. The van der Waals surface area contributed by atoms with E-state index in [1.165, 1.54) is 22.3 Å². The molecule has 1 aromatic carbocycles. The van der Waals surface area contributed by atoms with Crippen molar-refractivity contribution in [3.8, 4) is 11.3 Å². The van der Waals surface area contributed by atoms with Gasteiger partial charge in [-0.15, -0.1) is 0 Å². The number of nitrogens with zero attached hydrogens (tertiary/aromatic N) is 1. The third-order valence-electron chi connectivity index (χ3n) is 3.12. The number of H-pyrrole nitrogens is 1. The van der Waals surface area contributed by atoms with Gasteiger partial charge in [-0.1, -0.05) is 24.6 Å². The molecule has 0 saturated carbocycles. The molecule has 0 radical (unpaired) electrons. The predicted molar refractivity (Wildman–Crippen MR) is 75.5 cm³/mol. The topological polar surface area (TPSA) is 40.7 Å². The van der Waals surface area contributed by atoms with Crippen molar-refractivity contribution >= 4 is 0 Å². The second kappa shape index (κ2) is 5.83. The van der Waals surface area contributed by atoms with E-state index in [0.29, 0.717) is 0 Å². The molecule has 1 aromatic heterocycles. The molecule has 1 heterocycles. The molecule has 3 heteroatoms. The lowest BCUT2D eigenvalue weighted by Crippen LogP contribution is -2.13. The molecule has 2 rings (SSSR count). The van der Waals surface area contributed by atoms with Crippen LogP contribution >= 0.6 is 0 Å². The van der Waals surface area contributed by atoms with Crippen LogP contribution in [0, 0.1) is 13.8 Å². The van der Waals surface area contributed by atoms with Gasteiger partial charge in [-0.05, 0) is 38.4 Å². The zero-order chi connectivity index (χ0) is 13.0. The van der Waals surface area contributed by atoms with Gasteiger partial charge in [-0.25, -0.2) is 0 Å². The highest BCUT2D eigenvalue weighted by Crippen LogP contribution is 2.25. The monoisotopic (exact) mass is 243 g/mol. The van der Waals surface area contributed by atoms with Crippen molar-refractivity contribution in [3.63, 3.8) is 0 Å². The maximum Gasteiger partial charge on any atom is 0.0697 e. The fourth-order valence-corrected chi connectivity index (χ4v) is 2.08. The van der Waals surface area contributed by atoms with Gasteiger partial charge in [0.05, 0.1) is 11.9 Å². The summed E-state index contributed by atoms with van der Waals surface area (Å²) in [5.74, 6) is 0. The van der Waals surface area contributed by atoms with Gasteiger partial charge in [0, 0.05) is 17.7 Å². The van der Waals surface area contributed by atoms with Crippen LogP contribution in [0.5, 0.6) is 0 Å². The Kier molecular flexibility index (Phi) is 4.15. The molecule has 18 heavy (non-hydrogen) atoms. The highest BCUT2D eigenvalue weighted by molar-refractivity contribution is 5.67. The SMILES string of the molecule is CCCNCc1cn[nH]c1-c1cc(C)ccc1C. The summed E-state index contributed by atoms with van der Waals surface area (Å²) in [5.41, 5.74) is 6.18. The first-order valence-electron chi connectivity index (χ1n) is 6.53. The van der Waals surface area contributed by atoms with E-state index >= 15 is 0 Å². The third-order valence-corrected chi connectivity index (χ3v) is 3.12. The van der Waals surface area contributed by atoms with Gasteiger partial charge in [0.1, 0.15) is 0 Å². The molecule has 0 amide bonds. The van der Waals surface area contributed by atoms with Gasteiger partial charge < -0.3 is 5.32 Å². The maximum absolute atomic E-state index is 4.18. The smallest absolute Gasteiger partial charge is 0.0697 e. The largest absolute Gasteiger partial charge is 0.313 e. The highest BCUT2D eigenvalue weighted by atomic mass is 15.1. The lowest BCUT2D eigenvalue weighted by atomic mass is 10.0. The van der Waals surface area contributed by atoms with Crippen molar-refractivity contribution in [1.29, 1.82) is 0 Å². The molecule has 0 unspecified atom stereocenters. The molecule has 0 saturated heterocycles. The van der Waals surface area contributed by atoms with Crippen molar-refractivity contribution < 1.29 is 0 Å². The van der Waals surface area contributed by atoms with Crippen LogP contribution in [0.2, 0.25) is 0 Å². The summed E-state index contributed by atoms with van der Waals surface area (Å²) in [6.07, 6.45) is 3.07. The van der Waals surface area contributed by atoms with Crippen molar-refractivity contribution in [2.24, 2.45) is 0 Å². The number of aromatic amines is 1. The number of nitrogens with one attached hydrogen (secondary N) is 2. The molecular weight excluding hydrogens is 222 g/mol. The first-order chi connectivity index (χ1) is 8.72. The number of rotatable bonds is 5. The summed E-state index contributed by atoms with van der Waals surface area (Å²) >= 11 is 0. The number of aromatic nitrogens is 2. The molecule has 0 aliphatic carbocycles. The summed E-state index contributed by atoms with van der Waals surface area (Å²) in [6.45, 7) is 8.34. The van der Waals surface area contributed by atoms with E-state index < -0.39 is 0 Å². The van der Waals surface area contributed by atoms with E-state index in [2.05, 4.69) is 54.5 Å². The molecule has 3 nitrogen and oxygen atoms in total. The normalized spacial score (nSPS) is 10.8. The first kappa shape index (κ1) is 12.8. The Morgan fingerprint density at radius 1 is 1.28 bits per heavy atom. The molecule has 2 aromatic rings. The quantitative estimate of drug-likeness (QED) is 0.792. The Hall–Kier alpha value is -1.61. The van der Waals surface area contributed by atoms with Crippen LogP contribution in [0.15, 0.2) is 24.4 Å². The summed E-state index contributed by atoms with van der Waals surface area (Å²) in [7, 11) is 0. The number of aryl methyl sites for hydroxylation is 2. The lowest BCUT2D eigenvalue weighted by molar-refractivity contribution is 0.676. The van der Waals surface area contributed by atoms with Gasteiger partial charge >= 0.3 is 0 Å². The minimum atomic E-state index is 0.868. The fraction of sp³-hybridized carbons (Fsp3) is 0.400. The van der Waals surface area contributed by atoms with E-state index in [1.54, 1.807) is 0 Å². The molecule has 2 N–H and O–H groups in total. The predicted octanol–water partition coefficient (Wildman–Crippen LogP) is 3.19. The molecule has 0 bridgehead atoms.